The molecule has 7 aromatic carbocycles. The summed E-state index contributed by atoms with van der Waals surface area (Å²) < 4.78 is 205. The van der Waals surface area contributed by atoms with Crippen LogP contribution in [0.1, 0.15) is 55.1 Å². The largest absolute Gasteiger partial charge is 0.0636 e. The van der Waals surface area contributed by atoms with Gasteiger partial charge in [0.25, 0.3) is 0 Å². The van der Waals surface area contributed by atoms with Crippen molar-refractivity contribution in [2.24, 2.45) is 0 Å². The average molecular weight is 506 g/mol. The summed E-state index contributed by atoms with van der Waals surface area (Å²) in [5.74, 6) is 0. The maximum atomic E-state index is 10.0. The molecule has 0 saturated carbocycles. The molecule has 0 spiro atoms. The third kappa shape index (κ3) is 2.86. The van der Waals surface area contributed by atoms with Crippen molar-refractivity contribution < 1.29 is 31.5 Å². The molecule has 0 bridgehead atoms. The van der Waals surface area contributed by atoms with Gasteiger partial charge in [0, 0.05) is 5.41 Å². The molecule has 7 aromatic rings. The lowest BCUT2D eigenvalue weighted by Gasteiger charge is -2.28. The lowest BCUT2D eigenvalue weighted by Crippen LogP contribution is -2.22. The molecule has 0 aliphatic heterocycles. The second-order valence-corrected chi connectivity index (χ2v) is 8.88. The monoisotopic (exact) mass is 505 g/mol. The highest BCUT2D eigenvalue weighted by atomic mass is 14.4. The Balaban J connectivity index is 1.75. The molecule has 0 nitrogen and oxygen atoms in total. The molecule has 0 N–H and O–H groups in total. The number of fused-ring (bicyclic) bond motifs is 7. The van der Waals surface area contributed by atoms with E-state index in [2.05, 4.69) is 0 Å². The first-order valence-corrected chi connectivity index (χ1v) is 11.5. The second-order valence-electron chi connectivity index (χ2n) is 8.88. The van der Waals surface area contributed by atoms with Gasteiger partial charge in [-0.3, -0.25) is 0 Å². The maximum absolute atomic E-state index is 10.0. The minimum Gasteiger partial charge on any atom is -0.0622 e. The zero-order valence-electron chi connectivity index (χ0n) is 42.5. The smallest absolute Gasteiger partial charge is 0.0622 e. The molecule has 1 atom stereocenters. The lowest BCUT2D eigenvalue weighted by atomic mass is 9.73. The Morgan fingerprint density at radius 3 is 2.03 bits per heavy atom. The zero-order chi connectivity index (χ0) is 45.3. The molecule has 8 rings (SSSR count). The van der Waals surface area contributed by atoms with Crippen molar-refractivity contribution in [1.82, 2.24) is 0 Å². The number of rotatable bonds is 2. The van der Waals surface area contributed by atoms with Crippen LogP contribution in [0.3, 0.4) is 0 Å². The van der Waals surface area contributed by atoms with Gasteiger partial charge in [0.15, 0.2) is 0 Å². The van der Waals surface area contributed by atoms with Gasteiger partial charge in [-0.1, -0.05) is 127 Å². The van der Waals surface area contributed by atoms with Gasteiger partial charge in [-0.15, -0.1) is 0 Å². The summed E-state index contributed by atoms with van der Waals surface area (Å²) in [5.41, 5.74) is -5.96. The van der Waals surface area contributed by atoms with Crippen LogP contribution in [0.25, 0.3) is 54.6 Å². The van der Waals surface area contributed by atoms with Crippen LogP contribution >= 0.6 is 0 Å². The maximum Gasteiger partial charge on any atom is 0.0636 e. The first-order valence-electron chi connectivity index (χ1n) is 23.0. The van der Waals surface area contributed by atoms with Crippen LogP contribution in [-0.4, -0.2) is 0 Å². The molecule has 178 valence electrons. The first-order chi connectivity index (χ1) is 28.3. The van der Waals surface area contributed by atoms with Crippen molar-refractivity contribution in [1.29, 1.82) is 0 Å². The third-order valence-electron chi connectivity index (χ3n) is 6.94. The predicted molar refractivity (Wildman–Crippen MR) is 162 cm³/mol. The fraction of sp³-hybridized carbons (Fsp3) is 0.0526. The summed E-state index contributed by atoms with van der Waals surface area (Å²) in [6.07, 6.45) is 0. The van der Waals surface area contributed by atoms with Crippen LogP contribution in [0.2, 0.25) is 0 Å². The molecule has 0 saturated heterocycles. The van der Waals surface area contributed by atoms with E-state index in [0.29, 0.717) is 0 Å². The third-order valence-corrected chi connectivity index (χ3v) is 6.94. The second kappa shape index (κ2) is 7.91. The van der Waals surface area contributed by atoms with Crippen LogP contribution < -0.4 is 0 Å². The van der Waals surface area contributed by atoms with Gasteiger partial charge in [-0.05, 0) is 90.3 Å². The summed E-state index contributed by atoms with van der Waals surface area (Å²) in [4.78, 5) is 0. The topological polar surface area (TPSA) is 0 Å². The Labute approximate surface area is 255 Å². The molecule has 0 heterocycles. The highest BCUT2D eigenvalue weighted by molar-refractivity contribution is 6.20. The molecular formula is C38H26. The predicted octanol–water partition coefficient (Wildman–Crippen LogP) is 10.1. The van der Waals surface area contributed by atoms with Crippen LogP contribution in [0.15, 0.2) is 139 Å². The van der Waals surface area contributed by atoms with Crippen molar-refractivity contribution in [3.8, 4) is 22.3 Å². The molecule has 0 fully saturated rings. The fourth-order valence-electron chi connectivity index (χ4n) is 5.16. The van der Waals surface area contributed by atoms with E-state index in [9.17, 15) is 6.85 Å². The Morgan fingerprint density at radius 1 is 0.474 bits per heavy atom. The molecular weight excluding hydrogens is 456 g/mol. The van der Waals surface area contributed by atoms with Gasteiger partial charge in [0.2, 0.25) is 0 Å². The van der Waals surface area contributed by atoms with Gasteiger partial charge in [0.1, 0.15) is 0 Å². The fourth-order valence-corrected chi connectivity index (χ4v) is 5.16. The highest BCUT2D eigenvalue weighted by Crippen LogP contribution is 2.53. The van der Waals surface area contributed by atoms with Crippen molar-refractivity contribution in [3.05, 3.63) is 156 Å². The van der Waals surface area contributed by atoms with Crippen LogP contribution in [0.4, 0.5) is 0 Å². The van der Waals surface area contributed by atoms with E-state index in [1.807, 2.05) is 0 Å². The van der Waals surface area contributed by atoms with E-state index in [1.54, 1.807) is 0 Å². The Kier molecular flexibility index (Phi) is 1.81. The van der Waals surface area contributed by atoms with Crippen molar-refractivity contribution in [3.63, 3.8) is 0 Å². The standard InChI is InChI=1S/C38H26/c1-38(28-13-3-2-4-14-28)35-18-10-9-17-31(35)32-21-20-27(24-36(32)38)37-30-16-8-6-12-26(30)23-34-29-15-7-5-11-25(29)19-22-33(34)37/h2-24H,1H3/i2D,3D,4D,5D,6D,7D,8D,9D,10D,11D,12D,13D,14D,15D,16D,17D,18D,19D,20D,21D,22D,23D,24D. The Bertz CT molecular complexity index is 3270. The van der Waals surface area contributed by atoms with E-state index in [0.717, 1.165) is 0 Å². The van der Waals surface area contributed by atoms with Gasteiger partial charge in [-0.25, -0.2) is 0 Å². The molecule has 1 unspecified atom stereocenters. The first kappa shape index (κ1) is 8.68. The van der Waals surface area contributed by atoms with Crippen molar-refractivity contribution in [2.45, 2.75) is 12.3 Å². The average Bonchev–Trinajstić information content (AvgIpc) is 3.50. The van der Waals surface area contributed by atoms with E-state index in [1.165, 1.54) is 6.92 Å². The van der Waals surface area contributed by atoms with Gasteiger partial charge < -0.3 is 0 Å². The molecule has 1 aliphatic rings. The zero-order valence-corrected chi connectivity index (χ0v) is 19.5. The van der Waals surface area contributed by atoms with E-state index < -0.39 is 216 Å². The Morgan fingerprint density at radius 2 is 1.16 bits per heavy atom. The molecule has 0 radical (unpaired) electrons. The summed E-state index contributed by atoms with van der Waals surface area (Å²) >= 11 is 0. The van der Waals surface area contributed by atoms with Crippen molar-refractivity contribution in [2.75, 3.05) is 0 Å². The lowest BCUT2D eigenvalue weighted by molar-refractivity contribution is 0.714. The normalized spacial score (nSPS) is 24.6. The quantitative estimate of drug-likeness (QED) is 0.162. The molecule has 38 heavy (non-hydrogen) atoms. The minimum absolute atomic E-state index is 0.402. The molecule has 0 aromatic heterocycles. The SMILES string of the molecule is [2H]c1c([2H])c([2H])c(C2(C)c3c([2H])c([2H])c([2H])c([2H])c3-c3c([2H])c([2H])c(-c4c5c([2H])c([2H])c([2H])c([2H])c5c([2H])c5c4c([2H])c([2H])c4c([2H])c([2H])c([2H])c([2H])c45)c([2H])c32)c([2H])c1[2H]. The van der Waals surface area contributed by atoms with Crippen LogP contribution in [0.5, 0.6) is 0 Å². The van der Waals surface area contributed by atoms with E-state index >= 15 is 0 Å². The van der Waals surface area contributed by atoms with E-state index in [-0.39, 0.29) is 0 Å². The number of hydrogen-bond acceptors (Lipinski definition) is 0. The molecule has 0 amide bonds. The minimum atomic E-state index is -2.33. The van der Waals surface area contributed by atoms with Crippen LogP contribution in [-0.2, 0) is 5.41 Å². The van der Waals surface area contributed by atoms with Gasteiger partial charge >= 0.3 is 0 Å². The molecule has 0 heteroatoms. The molecule has 1 aliphatic carbocycles. The summed E-state index contributed by atoms with van der Waals surface area (Å²) in [5, 5.41) is -3.26. The Hall–Kier alpha value is -4.68. The van der Waals surface area contributed by atoms with Gasteiger partial charge in [-0.2, -0.15) is 0 Å². The number of benzene rings is 7. The van der Waals surface area contributed by atoms with Crippen LogP contribution in [0, 0.1) is 0 Å². The summed E-state index contributed by atoms with van der Waals surface area (Å²) in [6.45, 7) is 1.23. The van der Waals surface area contributed by atoms with Gasteiger partial charge in [0.05, 0.1) is 31.5 Å². The summed E-state index contributed by atoms with van der Waals surface area (Å²) in [6, 6.07) is -18.9. The van der Waals surface area contributed by atoms with Crippen molar-refractivity contribution >= 4 is 32.3 Å². The number of hydrogen-bond donors (Lipinski definition) is 0. The van der Waals surface area contributed by atoms with E-state index in [4.69, 9.17) is 24.7 Å². The summed E-state index contributed by atoms with van der Waals surface area (Å²) in [7, 11) is 0. The highest BCUT2D eigenvalue weighted by Gasteiger charge is 2.40.